The largest absolute Gasteiger partial charge is 0.352 e. The van der Waals surface area contributed by atoms with Crippen molar-refractivity contribution >= 4 is 23.3 Å². The molecule has 9 heteroatoms. The maximum Gasteiger partial charge on any atom is 0.324 e. The number of nitrogens with zero attached hydrogens (tertiary/aromatic N) is 3. The monoisotopic (exact) mass is 630 g/mol. The molecule has 0 radical (unpaired) electrons. The van der Waals surface area contributed by atoms with E-state index in [1.165, 1.54) is 0 Å². The first-order valence-corrected chi connectivity index (χ1v) is 16.3. The Kier molecular flexibility index (Phi) is 9.36. The van der Waals surface area contributed by atoms with E-state index < -0.39 is 0 Å². The third-order valence-corrected chi connectivity index (χ3v) is 8.78. The number of hydrogen-bond donors (Lipinski definition) is 3. The number of benzene rings is 3. The van der Waals surface area contributed by atoms with Gasteiger partial charge in [-0.25, -0.2) is 9.48 Å². The summed E-state index contributed by atoms with van der Waals surface area (Å²) in [4.78, 5) is 27.0. The van der Waals surface area contributed by atoms with Gasteiger partial charge in [0.1, 0.15) is 11.5 Å². The van der Waals surface area contributed by atoms with Crippen molar-refractivity contribution in [2.45, 2.75) is 58.3 Å². The maximum atomic E-state index is 13.6. The molecule has 0 spiro atoms. The van der Waals surface area contributed by atoms with Gasteiger partial charge >= 0.3 is 6.03 Å². The van der Waals surface area contributed by atoms with Gasteiger partial charge in [0.2, 0.25) is 11.5 Å². The van der Waals surface area contributed by atoms with E-state index in [0.717, 1.165) is 54.0 Å². The van der Waals surface area contributed by atoms with Crippen LogP contribution in [0.4, 0.5) is 16.3 Å². The summed E-state index contributed by atoms with van der Waals surface area (Å²) in [5, 5.41) is 18.4. The predicted molar refractivity (Wildman–Crippen MR) is 185 cm³/mol. The molecular weight excluding hydrogens is 588 g/mol. The molecule has 5 aromatic rings. The highest BCUT2D eigenvalue weighted by atomic mass is 16.5. The van der Waals surface area contributed by atoms with E-state index in [1.807, 2.05) is 91.9 Å². The summed E-state index contributed by atoms with van der Waals surface area (Å²) in [5.41, 5.74) is 5.87. The highest BCUT2D eigenvalue weighted by Crippen LogP contribution is 2.36. The van der Waals surface area contributed by atoms with E-state index in [-0.39, 0.29) is 35.3 Å². The predicted octanol–water partition coefficient (Wildman–Crippen LogP) is 8.13. The number of carbonyl (C=O) groups is 2. The number of anilines is 2. The van der Waals surface area contributed by atoms with Crippen LogP contribution in [0.25, 0.3) is 16.9 Å². The fourth-order valence-corrected chi connectivity index (χ4v) is 6.10. The molecule has 47 heavy (non-hydrogen) atoms. The summed E-state index contributed by atoms with van der Waals surface area (Å²) in [7, 11) is 0. The van der Waals surface area contributed by atoms with Crippen LogP contribution in [0.3, 0.4) is 0 Å². The molecule has 0 saturated carbocycles. The van der Waals surface area contributed by atoms with Crippen LogP contribution in [-0.4, -0.2) is 39.8 Å². The van der Waals surface area contributed by atoms with Crippen molar-refractivity contribution in [3.8, 4) is 16.9 Å². The van der Waals surface area contributed by atoms with Crippen LogP contribution >= 0.6 is 0 Å². The van der Waals surface area contributed by atoms with E-state index in [1.54, 1.807) is 10.7 Å². The number of ketones is 1. The molecule has 242 valence electrons. The Morgan fingerprint density at radius 1 is 0.936 bits per heavy atom. The second-order valence-electron chi connectivity index (χ2n) is 13.4. The van der Waals surface area contributed by atoms with Gasteiger partial charge in [0.25, 0.3) is 0 Å². The lowest BCUT2D eigenvalue weighted by atomic mass is 9.77. The summed E-state index contributed by atoms with van der Waals surface area (Å²) < 4.78 is 7.29. The fourth-order valence-electron chi connectivity index (χ4n) is 6.10. The summed E-state index contributed by atoms with van der Waals surface area (Å²) in [6.45, 7) is 10.1. The molecule has 9 nitrogen and oxygen atoms in total. The molecule has 2 amide bonds. The van der Waals surface area contributed by atoms with E-state index in [2.05, 4.69) is 41.9 Å². The second-order valence-corrected chi connectivity index (χ2v) is 13.4. The van der Waals surface area contributed by atoms with Gasteiger partial charge in [-0.2, -0.15) is 5.10 Å². The lowest BCUT2D eigenvalue weighted by Gasteiger charge is -2.31. The average molecular weight is 631 g/mol. The Morgan fingerprint density at radius 3 is 2.40 bits per heavy atom. The molecule has 1 saturated heterocycles. The second kappa shape index (κ2) is 13.8. The lowest BCUT2D eigenvalue weighted by molar-refractivity contribution is 0.0923. The van der Waals surface area contributed by atoms with E-state index in [0.29, 0.717) is 23.1 Å². The van der Waals surface area contributed by atoms with Crippen molar-refractivity contribution in [2.75, 3.05) is 23.7 Å². The number of urea groups is 1. The molecule has 1 unspecified atom stereocenters. The minimum atomic E-state index is -0.375. The van der Waals surface area contributed by atoms with Gasteiger partial charge in [0.15, 0.2) is 0 Å². The first kappa shape index (κ1) is 31.9. The third kappa shape index (κ3) is 7.69. The summed E-state index contributed by atoms with van der Waals surface area (Å²) in [6.07, 6.45) is 2.21. The first-order chi connectivity index (χ1) is 22.6. The minimum absolute atomic E-state index is 0.0444. The van der Waals surface area contributed by atoms with Crippen molar-refractivity contribution in [3.05, 3.63) is 114 Å². The molecule has 0 aliphatic carbocycles. The van der Waals surface area contributed by atoms with Crippen LogP contribution in [0.2, 0.25) is 0 Å². The molecule has 3 heterocycles. The van der Waals surface area contributed by atoms with Gasteiger partial charge in [0.05, 0.1) is 11.4 Å². The third-order valence-electron chi connectivity index (χ3n) is 8.78. The highest BCUT2D eigenvalue weighted by molar-refractivity contribution is 5.99. The zero-order valence-corrected chi connectivity index (χ0v) is 27.4. The highest BCUT2D eigenvalue weighted by Gasteiger charge is 2.29. The van der Waals surface area contributed by atoms with Crippen LogP contribution in [0.1, 0.15) is 73.3 Å². The lowest BCUT2D eigenvalue weighted by Crippen LogP contribution is -2.31. The van der Waals surface area contributed by atoms with E-state index >= 15 is 0 Å². The maximum absolute atomic E-state index is 13.6. The number of amides is 2. The first-order valence-electron chi connectivity index (χ1n) is 16.3. The number of aromatic nitrogens is 3. The Hall–Kier alpha value is -5.02. The number of hydrogen-bond acceptors (Lipinski definition) is 6. The zero-order chi connectivity index (χ0) is 33.0. The molecule has 6 rings (SSSR count). The number of aryl methyl sites for hydroxylation is 1. The van der Waals surface area contributed by atoms with Gasteiger partial charge in [0, 0.05) is 35.2 Å². The average Bonchev–Trinajstić information content (AvgIpc) is 3.73. The summed E-state index contributed by atoms with van der Waals surface area (Å²) >= 11 is 0. The van der Waals surface area contributed by atoms with E-state index in [4.69, 9.17) is 9.62 Å². The van der Waals surface area contributed by atoms with Gasteiger partial charge in [-0.1, -0.05) is 86.1 Å². The van der Waals surface area contributed by atoms with Gasteiger partial charge in [-0.3, -0.25) is 10.1 Å². The van der Waals surface area contributed by atoms with Crippen molar-refractivity contribution in [3.63, 3.8) is 0 Å². The van der Waals surface area contributed by atoms with Crippen molar-refractivity contribution in [1.29, 1.82) is 0 Å². The molecule has 1 fully saturated rings. The zero-order valence-electron chi connectivity index (χ0n) is 27.4. The number of piperidine rings is 1. The van der Waals surface area contributed by atoms with Crippen molar-refractivity contribution < 1.29 is 14.1 Å². The van der Waals surface area contributed by atoms with Gasteiger partial charge < -0.3 is 15.2 Å². The topological polar surface area (TPSA) is 114 Å². The molecule has 3 N–H and O–H groups in total. The minimum Gasteiger partial charge on any atom is -0.352 e. The molecule has 0 bridgehead atoms. The molecule has 1 atom stereocenters. The Labute approximate surface area is 275 Å². The number of carbonyl (C=O) groups excluding carboxylic acids is 2. The Bertz CT molecular complexity index is 1830. The molecular formula is C38H42N6O3. The van der Waals surface area contributed by atoms with Crippen LogP contribution in [0, 0.1) is 12.8 Å². The number of rotatable bonds is 9. The van der Waals surface area contributed by atoms with Gasteiger partial charge in [-0.15, -0.1) is 0 Å². The number of nitrogens with one attached hydrogen (secondary N) is 3. The molecule has 3 aromatic carbocycles. The van der Waals surface area contributed by atoms with Crippen LogP contribution in [0.15, 0.2) is 95.5 Å². The number of Topliss-reactive ketones (excluding diaryl/α,β-unsaturated/α-hetero) is 1. The standard InChI is InChI=1S/C38H42N6O3/c1-25-13-15-30(16-14-25)44-36(24-35(42-44)38(2,3)4)41-37(46)40-29-12-8-11-28(21-29)31(26-17-19-39-20-18-26)22-33(45)34-23-32(43-47-34)27-9-6-5-7-10-27/h5-16,21,23-24,26,31,39H,17-20,22H2,1-4H3,(H2,40,41,46). The Balaban J connectivity index is 1.21. The van der Waals surface area contributed by atoms with Crippen molar-refractivity contribution in [1.82, 2.24) is 20.3 Å². The summed E-state index contributed by atoms with van der Waals surface area (Å²) in [5.74, 6) is 1.01. The van der Waals surface area contributed by atoms with Crippen molar-refractivity contribution in [2.24, 2.45) is 5.92 Å². The van der Waals surface area contributed by atoms with Crippen LogP contribution in [-0.2, 0) is 5.41 Å². The fraction of sp³-hybridized carbons (Fsp3) is 0.316. The van der Waals surface area contributed by atoms with Gasteiger partial charge in [-0.05, 0) is 74.5 Å². The summed E-state index contributed by atoms with van der Waals surface area (Å²) in [6, 6.07) is 28.8. The normalized spacial score (nSPS) is 14.5. The molecule has 1 aliphatic rings. The van der Waals surface area contributed by atoms with Crippen LogP contribution < -0.4 is 16.0 Å². The van der Waals surface area contributed by atoms with E-state index in [9.17, 15) is 9.59 Å². The Morgan fingerprint density at radius 2 is 1.68 bits per heavy atom. The SMILES string of the molecule is Cc1ccc(-n2nc(C(C)(C)C)cc2NC(=O)Nc2cccc(C(CC(=O)c3cc(-c4ccccc4)no3)C3CCNCC3)c2)cc1. The quantitative estimate of drug-likeness (QED) is 0.142. The molecule has 2 aromatic heterocycles. The smallest absolute Gasteiger partial charge is 0.324 e. The molecule has 1 aliphatic heterocycles. The van der Waals surface area contributed by atoms with Crippen LogP contribution in [0.5, 0.6) is 0 Å².